The number of para-hydroxylation sites is 1. The number of thioether (sulfide) groups is 1. The molecule has 0 bridgehead atoms. The Balaban J connectivity index is 2.03. The number of rotatable bonds is 10. The van der Waals surface area contributed by atoms with Crippen molar-refractivity contribution in [2.75, 3.05) is 11.1 Å². The van der Waals surface area contributed by atoms with Gasteiger partial charge in [0, 0.05) is 25.1 Å². The van der Waals surface area contributed by atoms with Gasteiger partial charge in [-0.3, -0.25) is 9.59 Å². The predicted molar refractivity (Wildman–Crippen MR) is 108 cm³/mol. The molecule has 2 aromatic rings. The van der Waals surface area contributed by atoms with Crippen LogP contribution in [0.15, 0.2) is 23.4 Å². The second-order valence-electron chi connectivity index (χ2n) is 6.10. The summed E-state index contributed by atoms with van der Waals surface area (Å²) in [5.41, 5.74) is 8.40. The quantitative estimate of drug-likeness (QED) is 0.608. The first-order chi connectivity index (χ1) is 13.0. The molecule has 0 atom stereocenters. The molecule has 27 heavy (non-hydrogen) atoms. The Morgan fingerprint density at radius 3 is 2.37 bits per heavy atom. The predicted octanol–water partition coefficient (Wildman–Crippen LogP) is 2.57. The molecular weight excluding hydrogens is 362 g/mol. The largest absolute Gasteiger partial charge is 0.370 e. The van der Waals surface area contributed by atoms with Gasteiger partial charge in [-0.05, 0) is 30.9 Å². The van der Waals surface area contributed by atoms with E-state index in [1.807, 2.05) is 29.7 Å². The van der Waals surface area contributed by atoms with Crippen LogP contribution >= 0.6 is 11.8 Å². The summed E-state index contributed by atoms with van der Waals surface area (Å²) in [5.74, 6) is 0.522. The van der Waals surface area contributed by atoms with Gasteiger partial charge in [0.2, 0.25) is 11.8 Å². The zero-order valence-corrected chi connectivity index (χ0v) is 16.9. The lowest BCUT2D eigenvalue weighted by Gasteiger charge is -2.14. The fourth-order valence-electron chi connectivity index (χ4n) is 2.87. The summed E-state index contributed by atoms with van der Waals surface area (Å²) in [7, 11) is 0. The first kappa shape index (κ1) is 21.0. The van der Waals surface area contributed by atoms with Gasteiger partial charge in [0.1, 0.15) is 5.82 Å². The van der Waals surface area contributed by atoms with E-state index in [0.717, 1.165) is 29.7 Å². The maximum absolute atomic E-state index is 12.5. The Hall–Kier alpha value is -2.35. The lowest BCUT2D eigenvalue weighted by molar-refractivity contribution is -0.118. The third-order valence-electron chi connectivity index (χ3n) is 4.30. The van der Waals surface area contributed by atoms with E-state index in [1.54, 1.807) is 0 Å². The van der Waals surface area contributed by atoms with E-state index in [-0.39, 0.29) is 24.0 Å². The molecule has 1 aromatic carbocycles. The standard InChI is InChI=1S/C19H27N5O2S/c1-4-13-8-7-9-14(5-2)18(13)21-17(26)12-27-19-23-22-16(24(19)6-3)11-10-15(20)25/h7-9H,4-6,10-12H2,1-3H3,(H2,20,25)(H,21,26). The van der Waals surface area contributed by atoms with Crippen LogP contribution in [0.2, 0.25) is 0 Å². The van der Waals surface area contributed by atoms with Gasteiger partial charge >= 0.3 is 0 Å². The number of nitrogens with one attached hydrogen (secondary N) is 1. The number of nitrogens with zero attached hydrogens (tertiary/aromatic N) is 3. The summed E-state index contributed by atoms with van der Waals surface area (Å²) in [6.07, 6.45) is 2.41. The molecule has 0 fully saturated rings. The minimum Gasteiger partial charge on any atom is -0.370 e. The van der Waals surface area contributed by atoms with Crippen LogP contribution in [-0.2, 0) is 35.4 Å². The number of carbonyl (C=O) groups is 2. The summed E-state index contributed by atoms with van der Waals surface area (Å²) >= 11 is 1.34. The van der Waals surface area contributed by atoms with Crippen LogP contribution in [0.1, 0.15) is 44.1 Å². The molecule has 0 aliphatic heterocycles. The molecule has 0 radical (unpaired) electrons. The molecule has 2 rings (SSSR count). The highest BCUT2D eigenvalue weighted by molar-refractivity contribution is 7.99. The summed E-state index contributed by atoms with van der Waals surface area (Å²) in [6.45, 7) is 6.81. The molecule has 146 valence electrons. The van der Waals surface area contributed by atoms with Gasteiger partial charge in [-0.2, -0.15) is 0 Å². The molecule has 3 N–H and O–H groups in total. The first-order valence-corrected chi connectivity index (χ1v) is 10.2. The number of aryl methyl sites for hydroxylation is 3. The number of amides is 2. The highest BCUT2D eigenvalue weighted by atomic mass is 32.2. The summed E-state index contributed by atoms with van der Waals surface area (Å²) in [6, 6.07) is 6.11. The van der Waals surface area contributed by atoms with Gasteiger partial charge in [-0.15, -0.1) is 10.2 Å². The second-order valence-corrected chi connectivity index (χ2v) is 7.05. The zero-order valence-electron chi connectivity index (χ0n) is 16.1. The van der Waals surface area contributed by atoms with E-state index in [0.29, 0.717) is 23.9 Å². The van der Waals surface area contributed by atoms with E-state index in [1.165, 1.54) is 11.8 Å². The fourth-order valence-corrected chi connectivity index (χ4v) is 3.69. The summed E-state index contributed by atoms with van der Waals surface area (Å²) in [4.78, 5) is 23.5. The Bertz CT molecular complexity index is 781. The van der Waals surface area contributed by atoms with Gasteiger partial charge < -0.3 is 15.6 Å². The molecule has 0 aliphatic rings. The number of carbonyl (C=O) groups excluding carboxylic acids is 2. The molecular formula is C19H27N5O2S. The van der Waals surface area contributed by atoms with E-state index in [9.17, 15) is 9.59 Å². The first-order valence-electron chi connectivity index (χ1n) is 9.23. The van der Waals surface area contributed by atoms with Crippen molar-refractivity contribution < 1.29 is 9.59 Å². The Labute approximate surface area is 164 Å². The highest BCUT2D eigenvalue weighted by Gasteiger charge is 2.15. The van der Waals surface area contributed by atoms with Crippen molar-refractivity contribution in [2.45, 2.75) is 58.2 Å². The molecule has 1 aromatic heterocycles. The molecule has 0 spiro atoms. The highest BCUT2D eigenvalue weighted by Crippen LogP contribution is 2.24. The Kier molecular flexibility index (Phi) is 7.84. The smallest absolute Gasteiger partial charge is 0.234 e. The maximum Gasteiger partial charge on any atom is 0.234 e. The van der Waals surface area contributed by atoms with E-state index >= 15 is 0 Å². The van der Waals surface area contributed by atoms with Gasteiger partial charge in [-0.1, -0.05) is 43.8 Å². The third-order valence-corrected chi connectivity index (χ3v) is 5.27. The van der Waals surface area contributed by atoms with E-state index in [2.05, 4.69) is 29.4 Å². The van der Waals surface area contributed by atoms with Crippen LogP contribution in [0.25, 0.3) is 0 Å². The number of hydrogen-bond acceptors (Lipinski definition) is 5. The van der Waals surface area contributed by atoms with Crippen molar-refractivity contribution in [1.29, 1.82) is 0 Å². The molecule has 0 aliphatic carbocycles. The number of anilines is 1. The SMILES string of the molecule is CCc1cccc(CC)c1NC(=O)CSc1nnc(CCC(N)=O)n1CC. The van der Waals surface area contributed by atoms with Crippen LogP contribution in [-0.4, -0.2) is 32.3 Å². The summed E-state index contributed by atoms with van der Waals surface area (Å²) in [5, 5.41) is 12.0. The zero-order chi connectivity index (χ0) is 19.8. The van der Waals surface area contributed by atoms with E-state index in [4.69, 9.17) is 5.73 Å². The second kappa shape index (κ2) is 10.1. The molecule has 2 amide bonds. The number of benzene rings is 1. The van der Waals surface area contributed by atoms with Crippen LogP contribution < -0.4 is 11.1 Å². The Morgan fingerprint density at radius 1 is 1.15 bits per heavy atom. The van der Waals surface area contributed by atoms with Gasteiger partial charge in [0.05, 0.1) is 5.75 Å². The minimum atomic E-state index is -0.365. The van der Waals surface area contributed by atoms with Crippen LogP contribution in [0.3, 0.4) is 0 Å². The molecule has 7 nitrogen and oxygen atoms in total. The van der Waals surface area contributed by atoms with E-state index < -0.39 is 0 Å². The monoisotopic (exact) mass is 389 g/mol. The molecule has 0 unspecified atom stereocenters. The topological polar surface area (TPSA) is 103 Å². The maximum atomic E-state index is 12.5. The van der Waals surface area contributed by atoms with Crippen LogP contribution in [0.4, 0.5) is 5.69 Å². The number of nitrogens with two attached hydrogens (primary N) is 1. The number of hydrogen-bond donors (Lipinski definition) is 2. The van der Waals surface area contributed by atoms with Crippen LogP contribution in [0.5, 0.6) is 0 Å². The fraction of sp³-hybridized carbons (Fsp3) is 0.474. The van der Waals surface area contributed by atoms with Crippen molar-refractivity contribution in [1.82, 2.24) is 14.8 Å². The third kappa shape index (κ3) is 5.56. The van der Waals surface area contributed by atoms with Crippen molar-refractivity contribution in [2.24, 2.45) is 5.73 Å². The average Bonchev–Trinajstić information content (AvgIpc) is 3.06. The van der Waals surface area contributed by atoms with Crippen molar-refractivity contribution in [3.05, 3.63) is 35.2 Å². The molecule has 0 saturated carbocycles. The molecule has 8 heteroatoms. The average molecular weight is 390 g/mol. The summed E-state index contributed by atoms with van der Waals surface area (Å²) < 4.78 is 1.92. The van der Waals surface area contributed by atoms with Gasteiger partial charge in [0.25, 0.3) is 0 Å². The minimum absolute atomic E-state index is 0.0695. The normalized spacial score (nSPS) is 10.8. The van der Waals surface area contributed by atoms with Crippen LogP contribution in [0, 0.1) is 0 Å². The van der Waals surface area contributed by atoms with Crippen molar-refractivity contribution in [3.8, 4) is 0 Å². The lowest BCUT2D eigenvalue weighted by Crippen LogP contribution is -2.17. The van der Waals surface area contributed by atoms with Crippen molar-refractivity contribution in [3.63, 3.8) is 0 Å². The number of primary amides is 1. The number of aromatic nitrogens is 3. The van der Waals surface area contributed by atoms with Gasteiger partial charge in [-0.25, -0.2) is 0 Å². The van der Waals surface area contributed by atoms with Gasteiger partial charge in [0.15, 0.2) is 5.16 Å². The lowest BCUT2D eigenvalue weighted by atomic mass is 10.0. The molecule has 1 heterocycles. The molecule has 0 saturated heterocycles. The Morgan fingerprint density at radius 2 is 1.81 bits per heavy atom. The van der Waals surface area contributed by atoms with Crippen molar-refractivity contribution >= 4 is 29.3 Å².